The number of morpholine rings is 1. The maximum atomic E-state index is 12.8. The van der Waals surface area contributed by atoms with Crippen molar-refractivity contribution in [1.29, 1.82) is 0 Å². The molecule has 0 unspecified atom stereocenters. The largest absolute Gasteiger partial charge is 0.379 e. The summed E-state index contributed by atoms with van der Waals surface area (Å²) in [7, 11) is 0. The summed E-state index contributed by atoms with van der Waals surface area (Å²) in [5, 5.41) is 2.90. The van der Waals surface area contributed by atoms with Gasteiger partial charge in [-0.05, 0) is 36.7 Å². The summed E-state index contributed by atoms with van der Waals surface area (Å²) >= 11 is 0. The van der Waals surface area contributed by atoms with Gasteiger partial charge in [0.25, 0.3) is 17.7 Å². The van der Waals surface area contributed by atoms with Gasteiger partial charge >= 0.3 is 0 Å². The number of fused-ring (bicyclic) bond motifs is 1. The molecule has 7 nitrogen and oxygen atoms in total. The molecule has 8 heteroatoms. The van der Waals surface area contributed by atoms with E-state index in [-0.39, 0.29) is 42.2 Å². The van der Waals surface area contributed by atoms with E-state index in [2.05, 4.69) is 10.2 Å². The van der Waals surface area contributed by atoms with Crippen LogP contribution in [0.2, 0.25) is 0 Å². The Morgan fingerprint density at radius 1 is 0.968 bits per heavy atom. The van der Waals surface area contributed by atoms with E-state index in [4.69, 9.17) is 4.74 Å². The Labute approximate surface area is 187 Å². The average molecular weight is 444 g/mol. The number of carbonyl (C=O) groups excluding carboxylic acids is 3. The van der Waals surface area contributed by atoms with Gasteiger partial charge in [0, 0.05) is 25.2 Å². The number of hydrogen-bond acceptors (Lipinski definition) is 5. The van der Waals surface area contributed by atoms with Crippen LogP contribution in [0.5, 0.6) is 0 Å². The predicted molar refractivity (Wildman–Crippen MR) is 119 cm³/mol. The highest BCUT2D eigenvalue weighted by atomic mass is 35.5. The van der Waals surface area contributed by atoms with Crippen LogP contribution in [0.1, 0.15) is 43.1 Å². The van der Waals surface area contributed by atoms with E-state index in [1.54, 1.807) is 12.1 Å². The summed E-state index contributed by atoms with van der Waals surface area (Å²) < 4.78 is 5.33. The third kappa shape index (κ3) is 5.31. The summed E-state index contributed by atoms with van der Waals surface area (Å²) in [6, 6.07) is 14.1. The van der Waals surface area contributed by atoms with Gasteiger partial charge in [0.2, 0.25) is 0 Å². The van der Waals surface area contributed by atoms with Gasteiger partial charge in [0.1, 0.15) is 0 Å². The van der Waals surface area contributed by atoms with Crippen LogP contribution in [0.25, 0.3) is 0 Å². The molecule has 1 fully saturated rings. The predicted octanol–water partition coefficient (Wildman–Crippen LogP) is 2.36. The Hall–Kier alpha value is -2.74. The number of carbonyl (C=O) groups is 3. The molecule has 4 rings (SSSR count). The van der Waals surface area contributed by atoms with Crippen LogP contribution < -0.4 is 5.32 Å². The van der Waals surface area contributed by atoms with Gasteiger partial charge in [-0.1, -0.05) is 30.3 Å². The van der Waals surface area contributed by atoms with Gasteiger partial charge in [0.15, 0.2) is 0 Å². The van der Waals surface area contributed by atoms with Crippen LogP contribution in [0.3, 0.4) is 0 Å². The standard InChI is InChI=1S/C23H25N3O4.ClH/c27-21(24-9-4-10-25-11-13-30-14-12-25)18-7-8-19-20(15-18)23(29)26(22(19)28)16-17-5-2-1-3-6-17;/h1-3,5-8,15H,4,9-14,16H2,(H,24,27);1H. The fourth-order valence-electron chi connectivity index (χ4n) is 3.77. The molecule has 0 atom stereocenters. The zero-order valence-electron chi connectivity index (χ0n) is 17.2. The molecule has 1 saturated heterocycles. The molecule has 0 aliphatic carbocycles. The molecule has 0 radical (unpaired) electrons. The monoisotopic (exact) mass is 443 g/mol. The zero-order chi connectivity index (χ0) is 20.9. The third-order valence-electron chi connectivity index (χ3n) is 5.46. The molecule has 2 heterocycles. The molecule has 0 aromatic heterocycles. The average Bonchev–Trinajstić information content (AvgIpc) is 3.02. The van der Waals surface area contributed by atoms with Crippen LogP contribution in [0.4, 0.5) is 0 Å². The van der Waals surface area contributed by atoms with E-state index in [1.165, 1.54) is 11.0 Å². The quantitative estimate of drug-likeness (QED) is 0.525. The highest BCUT2D eigenvalue weighted by molar-refractivity contribution is 6.22. The maximum absolute atomic E-state index is 12.8. The Morgan fingerprint density at radius 3 is 2.42 bits per heavy atom. The van der Waals surface area contributed by atoms with Gasteiger partial charge in [-0.3, -0.25) is 24.2 Å². The first-order valence-corrected chi connectivity index (χ1v) is 10.3. The maximum Gasteiger partial charge on any atom is 0.261 e. The van der Waals surface area contributed by atoms with Gasteiger partial charge < -0.3 is 10.1 Å². The number of hydrogen-bond donors (Lipinski definition) is 1. The molecular formula is C23H26ClN3O4. The van der Waals surface area contributed by atoms with Crippen LogP contribution in [-0.2, 0) is 11.3 Å². The molecule has 164 valence electrons. The van der Waals surface area contributed by atoms with Crippen molar-refractivity contribution in [2.75, 3.05) is 39.4 Å². The Morgan fingerprint density at radius 2 is 1.68 bits per heavy atom. The normalized spacial score (nSPS) is 16.1. The summed E-state index contributed by atoms with van der Waals surface area (Å²) in [5.74, 6) is -0.918. The Bertz CT molecular complexity index is 945. The first kappa shape index (κ1) is 22.9. The first-order valence-electron chi connectivity index (χ1n) is 10.3. The molecule has 0 spiro atoms. The minimum Gasteiger partial charge on any atom is -0.379 e. The molecule has 3 amide bonds. The van der Waals surface area contributed by atoms with Crippen molar-refractivity contribution in [3.63, 3.8) is 0 Å². The fourth-order valence-corrected chi connectivity index (χ4v) is 3.77. The summed E-state index contributed by atoms with van der Waals surface area (Å²) in [5.41, 5.74) is 1.91. The molecule has 1 N–H and O–H groups in total. The van der Waals surface area contributed by atoms with Crippen molar-refractivity contribution >= 4 is 30.1 Å². The lowest BCUT2D eigenvalue weighted by molar-refractivity contribution is 0.0374. The molecule has 0 bridgehead atoms. The SMILES string of the molecule is Cl.O=C(NCCCN1CCOCC1)c1ccc2c(c1)C(=O)N(Cc1ccccc1)C2=O. The number of nitrogens with zero attached hydrogens (tertiary/aromatic N) is 2. The van der Waals surface area contributed by atoms with Gasteiger partial charge in [-0.25, -0.2) is 0 Å². The highest BCUT2D eigenvalue weighted by Crippen LogP contribution is 2.25. The number of halogens is 1. The fraction of sp³-hybridized carbons (Fsp3) is 0.348. The second kappa shape index (κ2) is 10.5. The molecule has 2 aliphatic rings. The van der Waals surface area contributed by atoms with Crippen LogP contribution in [-0.4, -0.2) is 66.9 Å². The minimum atomic E-state index is -0.360. The van der Waals surface area contributed by atoms with E-state index >= 15 is 0 Å². The number of amides is 3. The number of benzene rings is 2. The molecular weight excluding hydrogens is 418 g/mol. The summed E-state index contributed by atoms with van der Waals surface area (Å²) in [6.45, 7) is 5.06. The number of ether oxygens (including phenoxy) is 1. The van der Waals surface area contributed by atoms with E-state index in [0.29, 0.717) is 17.7 Å². The lowest BCUT2D eigenvalue weighted by atomic mass is 10.1. The van der Waals surface area contributed by atoms with E-state index in [0.717, 1.165) is 44.8 Å². The highest BCUT2D eigenvalue weighted by Gasteiger charge is 2.35. The van der Waals surface area contributed by atoms with Gasteiger partial charge in [-0.2, -0.15) is 0 Å². The van der Waals surface area contributed by atoms with Crippen molar-refractivity contribution < 1.29 is 19.1 Å². The Kier molecular flexibility index (Phi) is 7.79. The lowest BCUT2D eigenvalue weighted by Crippen LogP contribution is -2.38. The molecule has 2 aromatic rings. The second-order valence-corrected chi connectivity index (χ2v) is 7.51. The van der Waals surface area contributed by atoms with Crippen LogP contribution >= 0.6 is 12.4 Å². The van der Waals surface area contributed by atoms with Crippen LogP contribution in [0.15, 0.2) is 48.5 Å². The molecule has 0 saturated carbocycles. The topological polar surface area (TPSA) is 79.0 Å². The van der Waals surface area contributed by atoms with Crippen molar-refractivity contribution in [2.24, 2.45) is 0 Å². The van der Waals surface area contributed by atoms with Crippen molar-refractivity contribution in [1.82, 2.24) is 15.1 Å². The third-order valence-corrected chi connectivity index (χ3v) is 5.46. The lowest BCUT2D eigenvalue weighted by Gasteiger charge is -2.26. The number of nitrogens with one attached hydrogen (secondary N) is 1. The zero-order valence-corrected chi connectivity index (χ0v) is 18.0. The van der Waals surface area contributed by atoms with E-state index in [1.807, 2.05) is 30.3 Å². The van der Waals surface area contributed by atoms with Gasteiger partial charge in [0.05, 0.1) is 30.9 Å². The first-order chi connectivity index (χ1) is 14.6. The number of imide groups is 1. The van der Waals surface area contributed by atoms with E-state index in [9.17, 15) is 14.4 Å². The number of rotatable bonds is 7. The van der Waals surface area contributed by atoms with Crippen LogP contribution in [0, 0.1) is 0 Å². The van der Waals surface area contributed by atoms with Crippen molar-refractivity contribution in [2.45, 2.75) is 13.0 Å². The minimum absolute atomic E-state index is 0. The molecule has 2 aromatic carbocycles. The van der Waals surface area contributed by atoms with Crippen molar-refractivity contribution in [3.05, 3.63) is 70.8 Å². The smallest absolute Gasteiger partial charge is 0.261 e. The summed E-state index contributed by atoms with van der Waals surface area (Å²) in [4.78, 5) is 41.5. The van der Waals surface area contributed by atoms with Gasteiger partial charge in [-0.15, -0.1) is 12.4 Å². The van der Waals surface area contributed by atoms with Crippen molar-refractivity contribution in [3.8, 4) is 0 Å². The summed E-state index contributed by atoms with van der Waals surface area (Å²) in [6.07, 6.45) is 0.846. The molecule has 2 aliphatic heterocycles. The Balaban J connectivity index is 0.00000272. The van der Waals surface area contributed by atoms with E-state index < -0.39 is 0 Å². The second-order valence-electron chi connectivity index (χ2n) is 7.51. The molecule has 31 heavy (non-hydrogen) atoms.